The van der Waals surface area contributed by atoms with Crippen molar-refractivity contribution < 1.29 is 38.7 Å². The van der Waals surface area contributed by atoms with Crippen LogP contribution >= 0.6 is 0 Å². The van der Waals surface area contributed by atoms with E-state index >= 15 is 0 Å². The van der Waals surface area contributed by atoms with Crippen molar-refractivity contribution in [2.24, 2.45) is 23.1 Å². The summed E-state index contributed by atoms with van der Waals surface area (Å²) in [5, 5.41) is 17.8. The highest BCUT2D eigenvalue weighted by Gasteiger charge is 2.29. The maximum atomic E-state index is 12.6. The number of carbonyl (C=O) groups is 7. The summed E-state index contributed by atoms with van der Waals surface area (Å²) < 4.78 is 0. The Morgan fingerprint density at radius 1 is 0.824 bits per heavy atom. The molecule has 0 aliphatic heterocycles. The van der Waals surface area contributed by atoms with E-state index in [-0.39, 0.29) is 25.3 Å². The molecule has 6 amide bonds. The van der Waals surface area contributed by atoms with Crippen LogP contribution in [0.25, 0.3) is 0 Å². The van der Waals surface area contributed by atoms with Gasteiger partial charge in [-0.05, 0) is 18.8 Å². The van der Waals surface area contributed by atoms with Gasteiger partial charge in [-0.3, -0.25) is 33.6 Å². The van der Waals surface area contributed by atoms with E-state index in [1.165, 1.54) is 0 Å². The Hall–Kier alpha value is -3.75. The van der Waals surface area contributed by atoms with Crippen LogP contribution in [0.1, 0.15) is 39.5 Å². The predicted octanol–water partition coefficient (Wildman–Crippen LogP) is -4.21. The topological polar surface area (TPSA) is 266 Å². The molecule has 0 radical (unpaired) electrons. The average molecular weight is 488 g/mol. The van der Waals surface area contributed by atoms with Gasteiger partial charge in [-0.1, -0.05) is 13.8 Å². The first-order valence-corrected chi connectivity index (χ1v) is 10.4. The minimum absolute atomic E-state index is 0.0136. The van der Waals surface area contributed by atoms with Gasteiger partial charge in [-0.15, -0.1) is 0 Å². The monoisotopic (exact) mass is 487 g/mol. The maximum absolute atomic E-state index is 12.6. The molecule has 11 N–H and O–H groups in total. The quantitative estimate of drug-likeness (QED) is 0.105. The lowest BCUT2D eigenvalue weighted by Gasteiger charge is -2.23. The third-order valence-electron chi connectivity index (χ3n) is 4.33. The van der Waals surface area contributed by atoms with E-state index in [1.54, 1.807) is 13.8 Å². The third kappa shape index (κ3) is 12.9. The Bertz CT molecular complexity index is 787. The van der Waals surface area contributed by atoms with Gasteiger partial charge >= 0.3 is 5.97 Å². The number of carbonyl (C=O) groups excluding carboxylic acids is 6. The number of nitrogens with two attached hydrogens (primary N) is 3. The van der Waals surface area contributed by atoms with Crippen molar-refractivity contribution in [3.63, 3.8) is 0 Å². The lowest BCUT2D eigenvalue weighted by Crippen LogP contribution is -2.56. The van der Waals surface area contributed by atoms with Gasteiger partial charge in [0.1, 0.15) is 18.1 Å². The van der Waals surface area contributed by atoms with Crippen LogP contribution in [-0.2, 0) is 33.6 Å². The van der Waals surface area contributed by atoms with E-state index < -0.39 is 78.9 Å². The zero-order chi connectivity index (χ0) is 26.4. The van der Waals surface area contributed by atoms with Crippen LogP contribution in [-0.4, -0.2) is 77.7 Å². The van der Waals surface area contributed by atoms with Crippen LogP contribution in [0.15, 0.2) is 0 Å². The summed E-state index contributed by atoms with van der Waals surface area (Å²) in [4.78, 5) is 82.2. The second kappa shape index (κ2) is 15.2. The molecule has 0 saturated heterocycles. The molecular weight excluding hydrogens is 454 g/mol. The first kappa shape index (κ1) is 30.2. The first-order valence-electron chi connectivity index (χ1n) is 10.4. The summed E-state index contributed by atoms with van der Waals surface area (Å²) in [5.74, 6) is -6.24. The number of hydrogen-bond acceptors (Lipinski definition) is 8. The molecule has 0 bridgehead atoms. The second-order valence-corrected chi connectivity index (χ2v) is 7.86. The van der Waals surface area contributed by atoms with Crippen LogP contribution < -0.4 is 38.5 Å². The van der Waals surface area contributed by atoms with Crippen LogP contribution in [0, 0.1) is 5.92 Å². The number of primary amides is 2. The summed E-state index contributed by atoms with van der Waals surface area (Å²) in [6.45, 7) is 2.58. The summed E-state index contributed by atoms with van der Waals surface area (Å²) in [5.41, 5.74) is 15.5. The molecular formula is C19H33N7O8. The molecule has 0 heterocycles. The lowest BCUT2D eigenvalue weighted by atomic mass is 10.0. The van der Waals surface area contributed by atoms with E-state index in [1.807, 2.05) is 0 Å². The van der Waals surface area contributed by atoms with Crippen molar-refractivity contribution in [1.82, 2.24) is 21.3 Å². The highest BCUT2D eigenvalue weighted by atomic mass is 16.4. The van der Waals surface area contributed by atoms with Crippen molar-refractivity contribution >= 4 is 41.4 Å². The molecule has 34 heavy (non-hydrogen) atoms. The minimum atomic E-state index is -1.46. The molecule has 0 saturated carbocycles. The van der Waals surface area contributed by atoms with Crippen LogP contribution in [0.3, 0.4) is 0 Å². The minimum Gasteiger partial charge on any atom is -0.481 e. The van der Waals surface area contributed by atoms with Crippen LogP contribution in [0.4, 0.5) is 0 Å². The predicted molar refractivity (Wildman–Crippen MR) is 117 cm³/mol. The molecule has 15 nitrogen and oxygen atoms in total. The molecule has 0 unspecified atom stereocenters. The van der Waals surface area contributed by atoms with Crippen molar-refractivity contribution in [3.8, 4) is 0 Å². The van der Waals surface area contributed by atoms with Gasteiger partial charge in [0, 0.05) is 6.42 Å². The van der Waals surface area contributed by atoms with Gasteiger partial charge in [0.2, 0.25) is 35.4 Å². The van der Waals surface area contributed by atoms with E-state index in [9.17, 15) is 33.6 Å². The zero-order valence-corrected chi connectivity index (χ0v) is 19.1. The van der Waals surface area contributed by atoms with Gasteiger partial charge in [0.25, 0.3) is 0 Å². The van der Waals surface area contributed by atoms with Gasteiger partial charge in [-0.2, -0.15) is 0 Å². The lowest BCUT2D eigenvalue weighted by molar-refractivity contribution is -0.138. The normalized spacial score (nSPS) is 13.2. The highest BCUT2D eigenvalue weighted by molar-refractivity contribution is 5.96. The fourth-order valence-corrected chi connectivity index (χ4v) is 2.73. The largest absolute Gasteiger partial charge is 0.481 e. The maximum Gasteiger partial charge on any atom is 0.303 e. The Morgan fingerprint density at radius 3 is 1.88 bits per heavy atom. The van der Waals surface area contributed by atoms with Crippen molar-refractivity contribution in [2.45, 2.75) is 57.7 Å². The molecule has 15 heteroatoms. The fraction of sp³-hybridized carbons (Fsp3) is 0.632. The van der Waals surface area contributed by atoms with Gasteiger partial charge in [0.05, 0.1) is 19.5 Å². The number of carboxylic acids is 1. The molecule has 0 fully saturated rings. The van der Waals surface area contributed by atoms with Crippen molar-refractivity contribution in [1.29, 1.82) is 0 Å². The first-order chi connectivity index (χ1) is 15.8. The van der Waals surface area contributed by atoms with E-state index in [0.717, 1.165) is 0 Å². The molecule has 192 valence electrons. The van der Waals surface area contributed by atoms with E-state index in [0.29, 0.717) is 0 Å². The zero-order valence-electron chi connectivity index (χ0n) is 19.1. The van der Waals surface area contributed by atoms with Gasteiger partial charge in [0.15, 0.2) is 0 Å². The highest BCUT2D eigenvalue weighted by Crippen LogP contribution is 2.06. The summed E-state index contributed by atoms with van der Waals surface area (Å²) in [6, 6.07) is -3.76. The van der Waals surface area contributed by atoms with Crippen LogP contribution in [0.2, 0.25) is 0 Å². The number of amides is 6. The Morgan fingerprint density at radius 2 is 1.41 bits per heavy atom. The average Bonchev–Trinajstić information content (AvgIpc) is 2.72. The van der Waals surface area contributed by atoms with Gasteiger partial charge < -0.3 is 43.6 Å². The van der Waals surface area contributed by atoms with Crippen molar-refractivity contribution in [2.75, 3.05) is 13.1 Å². The Labute approximate surface area is 195 Å². The fourth-order valence-electron chi connectivity index (χ4n) is 2.73. The van der Waals surface area contributed by atoms with Crippen molar-refractivity contribution in [3.05, 3.63) is 0 Å². The second-order valence-electron chi connectivity index (χ2n) is 7.86. The summed E-state index contributed by atoms with van der Waals surface area (Å²) in [6.07, 6.45) is -1.06. The molecule has 0 aromatic rings. The molecule has 0 rings (SSSR count). The number of hydrogen-bond donors (Lipinski definition) is 8. The molecule has 0 aliphatic rings. The Balaban J connectivity index is 5.16. The molecule has 0 aromatic heterocycles. The number of nitrogens with one attached hydrogen (secondary N) is 4. The smallest absolute Gasteiger partial charge is 0.303 e. The molecule has 0 spiro atoms. The van der Waals surface area contributed by atoms with E-state index in [2.05, 4.69) is 21.3 Å². The summed E-state index contributed by atoms with van der Waals surface area (Å²) in [7, 11) is 0. The Kier molecular flexibility index (Phi) is 13.5. The number of carboxylic acid groups (broad SMARTS) is 1. The number of rotatable bonds is 16. The van der Waals surface area contributed by atoms with Gasteiger partial charge in [-0.25, -0.2) is 0 Å². The molecule has 0 aromatic carbocycles. The van der Waals surface area contributed by atoms with E-state index in [4.69, 9.17) is 22.3 Å². The third-order valence-corrected chi connectivity index (χ3v) is 4.33. The molecule has 0 aliphatic carbocycles. The molecule has 3 atom stereocenters. The SMILES string of the molecule is CC(C)C[C@H](NC(=O)CN)C(=O)N[C@@H](CC(N)=O)C(=O)NCC(=O)N[C@@H](CCC(=O)O)C(N)=O. The number of aliphatic carboxylic acids is 1. The van der Waals surface area contributed by atoms with Crippen LogP contribution in [0.5, 0.6) is 0 Å². The standard InChI is InChI=1S/C19H33N7O8/c1-9(2)5-11(25-14(28)7-20)19(34)26-12(6-13(21)27)18(33)23-8-15(29)24-10(17(22)32)3-4-16(30)31/h9-12H,3-8,20H2,1-2H3,(H2,21,27)(H2,22,32)(H,23,33)(H,24,29)(H,25,28)(H,26,34)(H,30,31)/t10-,11-,12-/m0/s1. The summed E-state index contributed by atoms with van der Waals surface area (Å²) >= 11 is 0.